The minimum Gasteiger partial charge on any atom is -0.505 e. The monoisotopic (exact) mass is 461 g/mol. The average Bonchev–Trinajstić information content (AvgIpc) is 3.15. The van der Waals surface area contributed by atoms with E-state index in [0.29, 0.717) is 61.5 Å². The van der Waals surface area contributed by atoms with E-state index in [0.717, 1.165) is 11.1 Å². The number of amides is 2. The number of benzene rings is 2. The minimum absolute atomic E-state index is 0.139. The number of hydrogen-bond donors (Lipinski definition) is 1. The summed E-state index contributed by atoms with van der Waals surface area (Å²) in [7, 11) is 1.67. The molecule has 176 valence electrons. The van der Waals surface area contributed by atoms with Crippen LogP contribution in [0.3, 0.4) is 0 Å². The Bertz CT molecular complexity index is 1270. The predicted molar refractivity (Wildman–Crippen MR) is 126 cm³/mol. The molecule has 0 radical (unpaired) electrons. The maximum atomic E-state index is 12.7. The molecule has 8 nitrogen and oxygen atoms in total. The number of pyridine rings is 1. The van der Waals surface area contributed by atoms with Crippen molar-refractivity contribution in [3.05, 3.63) is 64.3 Å². The number of hydrogen-bond acceptors (Lipinski definition) is 6. The van der Waals surface area contributed by atoms with Crippen molar-refractivity contribution in [1.82, 2.24) is 14.8 Å². The lowest BCUT2D eigenvalue weighted by Crippen LogP contribution is -2.43. The molecule has 8 heteroatoms. The highest BCUT2D eigenvalue weighted by Gasteiger charge is 2.34. The van der Waals surface area contributed by atoms with E-state index < -0.39 is 0 Å². The van der Waals surface area contributed by atoms with Gasteiger partial charge in [0.1, 0.15) is 11.3 Å². The van der Waals surface area contributed by atoms with Crippen molar-refractivity contribution in [3.63, 3.8) is 0 Å². The molecule has 5 rings (SSSR count). The van der Waals surface area contributed by atoms with E-state index in [4.69, 9.17) is 9.47 Å². The van der Waals surface area contributed by atoms with E-state index in [1.165, 1.54) is 10.5 Å². The minimum atomic E-state index is -0.288. The molecule has 0 unspecified atom stereocenters. The number of rotatable bonds is 5. The Hall–Kier alpha value is -3.65. The summed E-state index contributed by atoms with van der Waals surface area (Å²) >= 11 is 0. The standard InChI is InChI=1S/C26H27N3O5/c1-16-3-5-17(6-4-16)11-18-12-19-23(27-13-18)24(31)22-20(14-28(2)26(22)32)25(19)34-15-21(30)29-7-9-33-10-8-29/h3-6,12-13,31H,7-11,14-15H2,1-2H3. The predicted octanol–water partition coefficient (Wildman–Crippen LogP) is 2.66. The molecule has 1 fully saturated rings. The number of phenolic OH excluding ortho intramolecular Hbond substituents is 1. The van der Waals surface area contributed by atoms with Gasteiger partial charge < -0.3 is 24.4 Å². The molecule has 0 atom stereocenters. The molecule has 0 bridgehead atoms. The van der Waals surface area contributed by atoms with E-state index in [9.17, 15) is 14.7 Å². The van der Waals surface area contributed by atoms with Gasteiger partial charge in [0.05, 0.1) is 25.3 Å². The molecule has 3 heterocycles. The van der Waals surface area contributed by atoms with Crippen molar-refractivity contribution in [1.29, 1.82) is 0 Å². The Labute approximate surface area is 197 Å². The zero-order chi connectivity index (χ0) is 23.8. The number of phenols is 1. The summed E-state index contributed by atoms with van der Waals surface area (Å²) < 4.78 is 11.4. The Kier molecular flexibility index (Phi) is 5.83. The number of aryl methyl sites for hydroxylation is 1. The van der Waals surface area contributed by atoms with Crippen LogP contribution in [0.5, 0.6) is 11.5 Å². The van der Waals surface area contributed by atoms with E-state index in [1.807, 2.05) is 13.0 Å². The van der Waals surface area contributed by atoms with E-state index >= 15 is 0 Å². The lowest BCUT2D eigenvalue weighted by molar-refractivity contribution is -0.137. The first-order valence-electron chi connectivity index (χ1n) is 11.4. The van der Waals surface area contributed by atoms with E-state index in [-0.39, 0.29) is 29.7 Å². The van der Waals surface area contributed by atoms with Crippen LogP contribution >= 0.6 is 0 Å². The SMILES string of the molecule is Cc1ccc(Cc2cnc3c(O)c4c(c(OCC(=O)N5CCOCC5)c3c2)CN(C)C4=O)cc1. The number of aromatic nitrogens is 1. The second-order valence-electron chi connectivity index (χ2n) is 8.88. The van der Waals surface area contributed by atoms with Gasteiger partial charge in [-0.15, -0.1) is 0 Å². The number of nitrogens with zero attached hydrogens (tertiary/aromatic N) is 3. The number of fused-ring (bicyclic) bond motifs is 2. The first-order chi connectivity index (χ1) is 16.4. The summed E-state index contributed by atoms with van der Waals surface area (Å²) in [6, 6.07) is 10.2. The van der Waals surface area contributed by atoms with Crippen molar-refractivity contribution in [3.8, 4) is 11.5 Å². The topological polar surface area (TPSA) is 92.2 Å². The number of carbonyl (C=O) groups is 2. The molecule has 2 aliphatic heterocycles. The maximum Gasteiger partial charge on any atom is 0.260 e. The van der Waals surface area contributed by atoms with Crippen LogP contribution in [0, 0.1) is 6.92 Å². The van der Waals surface area contributed by atoms with Gasteiger partial charge in [-0.1, -0.05) is 29.8 Å². The molecular weight excluding hydrogens is 434 g/mol. The molecule has 1 N–H and O–H groups in total. The van der Waals surface area contributed by atoms with Gasteiger partial charge in [0, 0.05) is 37.3 Å². The van der Waals surface area contributed by atoms with Crippen molar-refractivity contribution in [2.24, 2.45) is 0 Å². The number of carbonyl (C=O) groups excluding carboxylic acids is 2. The maximum absolute atomic E-state index is 12.7. The van der Waals surface area contributed by atoms with Gasteiger partial charge in [-0.05, 0) is 30.5 Å². The van der Waals surface area contributed by atoms with Gasteiger partial charge in [0.2, 0.25) is 0 Å². The van der Waals surface area contributed by atoms with Crippen LogP contribution in [0.25, 0.3) is 10.9 Å². The zero-order valence-electron chi connectivity index (χ0n) is 19.3. The van der Waals surface area contributed by atoms with Crippen LogP contribution in [0.2, 0.25) is 0 Å². The summed E-state index contributed by atoms with van der Waals surface area (Å²) in [5.41, 5.74) is 4.35. The molecule has 0 saturated carbocycles. The van der Waals surface area contributed by atoms with Gasteiger partial charge in [-0.25, -0.2) is 0 Å². The molecule has 2 aliphatic rings. The molecule has 2 aromatic carbocycles. The van der Waals surface area contributed by atoms with E-state index in [2.05, 4.69) is 29.2 Å². The summed E-state index contributed by atoms with van der Waals surface area (Å²) in [5, 5.41) is 11.5. The van der Waals surface area contributed by atoms with Gasteiger partial charge in [0.25, 0.3) is 11.8 Å². The molecular formula is C26H27N3O5. The fourth-order valence-electron chi connectivity index (χ4n) is 4.53. The van der Waals surface area contributed by atoms with Crippen LogP contribution in [-0.4, -0.2) is 71.7 Å². The fraction of sp³-hybridized carbons (Fsp3) is 0.346. The molecule has 34 heavy (non-hydrogen) atoms. The van der Waals surface area contributed by atoms with Crippen LogP contribution in [0.1, 0.15) is 32.6 Å². The van der Waals surface area contributed by atoms with Crippen molar-refractivity contribution >= 4 is 22.7 Å². The van der Waals surface area contributed by atoms with Crippen LogP contribution in [-0.2, 0) is 22.5 Å². The van der Waals surface area contributed by atoms with Crippen LogP contribution < -0.4 is 4.74 Å². The summed E-state index contributed by atoms with van der Waals surface area (Å²) in [5.74, 6) is -0.141. The lowest BCUT2D eigenvalue weighted by Gasteiger charge is -2.27. The quantitative estimate of drug-likeness (QED) is 0.628. The highest BCUT2D eigenvalue weighted by molar-refractivity contribution is 6.08. The first kappa shape index (κ1) is 22.2. The smallest absolute Gasteiger partial charge is 0.260 e. The summed E-state index contributed by atoms with van der Waals surface area (Å²) in [6.45, 7) is 4.25. The molecule has 2 amide bonds. The van der Waals surface area contributed by atoms with Gasteiger partial charge in [0.15, 0.2) is 12.4 Å². The Morgan fingerprint density at radius 1 is 1.18 bits per heavy atom. The number of morpholine rings is 1. The van der Waals surface area contributed by atoms with Crippen molar-refractivity contribution < 1.29 is 24.2 Å². The van der Waals surface area contributed by atoms with Gasteiger partial charge in [-0.2, -0.15) is 0 Å². The van der Waals surface area contributed by atoms with Crippen LogP contribution in [0.4, 0.5) is 0 Å². The molecule has 0 aliphatic carbocycles. The van der Waals surface area contributed by atoms with Crippen molar-refractivity contribution in [2.75, 3.05) is 40.0 Å². The highest BCUT2D eigenvalue weighted by Crippen LogP contribution is 2.43. The highest BCUT2D eigenvalue weighted by atomic mass is 16.5. The zero-order valence-corrected chi connectivity index (χ0v) is 19.3. The van der Waals surface area contributed by atoms with E-state index in [1.54, 1.807) is 18.1 Å². The molecule has 0 spiro atoms. The van der Waals surface area contributed by atoms with Gasteiger partial charge in [-0.3, -0.25) is 14.6 Å². The third-order valence-corrected chi connectivity index (χ3v) is 6.41. The number of ether oxygens (including phenoxy) is 2. The second-order valence-corrected chi connectivity index (χ2v) is 8.88. The molecule has 1 saturated heterocycles. The summed E-state index contributed by atoms with van der Waals surface area (Å²) in [4.78, 5) is 33.2. The Morgan fingerprint density at radius 2 is 1.91 bits per heavy atom. The average molecular weight is 462 g/mol. The van der Waals surface area contributed by atoms with Crippen molar-refractivity contribution in [2.45, 2.75) is 19.9 Å². The van der Waals surface area contributed by atoms with Gasteiger partial charge >= 0.3 is 0 Å². The third kappa shape index (κ3) is 4.05. The number of aromatic hydroxyl groups is 1. The summed E-state index contributed by atoms with van der Waals surface area (Å²) in [6.07, 6.45) is 2.37. The lowest BCUT2D eigenvalue weighted by atomic mass is 9.99. The Morgan fingerprint density at radius 3 is 2.65 bits per heavy atom. The Balaban J connectivity index is 1.53. The molecule has 3 aromatic rings. The van der Waals surface area contributed by atoms with Crippen LogP contribution in [0.15, 0.2) is 36.5 Å². The molecule has 1 aromatic heterocycles. The third-order valence-electron chi connectivity index (χ3n) is 6.41. The fourth-order valence-corrected chi connectivity index (χ4v) is 4.53. The normalized spacial score (nSPS) is 15.6. The largest absolute Gasteiger partial charge is 0.505 e. The first-order valence-corrected chi connectivity index (χ1v) is 11.4. The second kappa shape index (κ2) is 8.95.